The van der Waals surface area contributed by atoms with Crippen LogP contribution in [0.1, 0.15) is 20.8 Å². The van der Waals surface area contributed by atoms with Gasteiger partial charge in [0.2, 0.25) is 5.91 Å². The van der Waals surface area contributed by atoms with Gasteiger partial charge in [0.1, 0.15) is 5.75 Å². The van der Waals surface area contributed by atoms with Crippen molar-refractivity contribution in [2.24, 2.45) is 0 Å². The van der Waals surface area contributed by atoms with Crippen molar-refractivity contribution in [1.29, 1.82) is 0 Å². The van der Waals surface area contributed by atoms with E-state index in [1.165, 1.54) is 6.92 Å². The lowest BCUT2D eigenvalue weighted by atomic mass is 10.2. The van der Waals surface area contributed by atoms with E-state index in [-0.39, 0.29) is 18.0 Å². The summed E-state index contributed by atoms with van der Waals surface area (Å²) in [5.41, 5.74) is 0.662. The Morgan fingerprint density at radius 3 is 2.35 bits per heavy atom. The van der Waals surface area contributed by atoms with Crippen LogP contribution in [0.15, 0.2) is 54.6 Å². The number of ether oxygens (including phenoxy) is 1. The van der Waals surface area contributed by atoms with E-state index in [9.17, 15) is 9.59 Å². The number of urea groups is 1. The monoisotopic (exact) mass is 355 g/mol. The Morgan fingerprint density at radius 1 is 1.04 bits per heavy atom. The van der Waals surface area contributed by atoms with Crippen LogP contribution < -0.4 is 20.3 Å². The number of nitrogens with one attached hydrogen (secondary N) is 2. The van der Waals surface area contributed by atoms with Crippen molar-refractivity contribution in [3.63, 3.8) is 0 Å². The van der Waals surface area contributed by atoms with Crippen LogP contribution >= 0.6 is 0 Å². The van der Waals surface area contributed by atoms with Crippen molar-refractivity contribution in [1.82, 2.24) is 10.6 Å². The predicted octanol–water partition coefficient (Wildman–Crippen LogP) is 3.54. The number of benzene rings is 2. The Morgan fingerprint density at radius 2 is 1.69 bits per heavy atom. The van der Waals surface area contributed by atoms with Crippen LogP contribution in [0.4, 0.5) is 10.5 Å². The highest BCUT2D eigenvalue weighted by Gasteiger charge is 2.16. The second-order valence-corrected chi connectivity index (χ2v) is 6.11. The molecule has 0 saturated carbocycles. The van der Waals surface area contributed by atoms with E-state index >= 15 is 0 Å². The summed E-state index contributed by atoms with van der Waals surface area (Å²) in [5.74, 6) is 1.15. The normalized spacial score (nSPS) is 10.3. The molecule has 26 heavy (non-hydrogen) atoms. The summed E-state index contributed by atoms with van der Waals surface area (Å²) in [7, 11) is 0. The average Bonchev–Trinajstić information content (AvgIpc) is 2.59. The van der Waals surface area contributed by atoms with Gasteiger partial charge in [-0.15, -0.1) is 0 Å². The molecule has 2 aromatic rings. The second-order valence-electron chi connectivity index (χ2n) is 6.11. The Balaban J connectivity index is 2.09. The lowest BCUT2D eigenvalue weighted by molar-refractivity contribution is -0.116. The average molecular weight is 355 g/mol. The fourth-order valence-electron chi connectivity index (χ4n) is 2.42. The number of hydrogen-bond acceptors (Lipinski definition) is 3. The minimum absolute atomic E-state index is 0.0545. The molecule has 0 spiro atoms. The van der Waals surface area contributed by atoms with Gasteiger partial charge in [-0.2, -0.15) is 0 Å². The molecule has 3 amide bonds. The van der Waals surface area contributed by atoms with E-state index in [2.05, 4.69) is 10.6 Å². The largest absolute Gasteiger partial charge is 0.455 e. The number of hydrogen-bond donors (Lipinski definition) is 2. The molecule has 0 saturated heterocycles. The Kier molecular flexibility index (Phi) is 7.02. The summed E-state index contributed by atoms with van der Waals surface area (Å²) in [5, 5.41) is 5.50. The minimum atomic E-state index is -0.252. The zero-order valence-electron chi connectivity index (χ0n) is 15.4. The summed E-state index contributed by atoms with van der Waals surface area (Å²) in [6, 6.07) is 16.5. The van der Waals surface area contributed by atoms with Gasteiger partial charge in [0.25, 0.3) is 0 Å². The van der Waals surface area contributed by atoms with E-state index in [4.69, 9.17) is 4.74 Å². The van der Waals surface area contributed by atoms with E-state index in [0.717, 1.165) is 0 Å². The van der Waals surface area contributed by atoms with Crippen LogP contribution in [0, 0.1) is 0 Å². The molecule has 2 rings (SSSR count). The number of anilines is 1. The zero-order chi connectivity index (χ0) is 18.9. The molecular formula is C20H25N3O3. The molecule has 0 aliphatic carbocycles. The second kappa shape index (κ2) is 9.46. The van der Waals surface area contributed by atoms with E-state index < -0.39 is 0 Å². The van der Waals surface area contributed by atoms with Crippen molar-refractivity contribution < 1.29 is 14.3 Å². The number of carbonyl (C=O) groups excluding carboxylic acids is 2. The first-order chi connectivity index (χ1) is 12.5. The molecule has 0 bridgehead atoms. The first-order valence-corrected chi connectivity index (χ1v) is 8.61. The van der Waals surface area contributed by atoms with Crippen LogP contribution in [0.3, 0.4) is 0 Å². The molecule has 0 heterocycles. The van der Waals surface area contributed by atoms with Gasteiger partial charge >= 0.3 is 6.03 Å². The predicted molar refractivity (Wildman–Crippen MR) is 103 cm³/mol. The fourth-order valence-corrected chi connectivity index (χ4v) is 2.42. The number of amides is 3. The summed E-state index contributed by atoms with van der Waals surface area (Å²) in [4.78, 5) is 25.4. The minimum Gasteiger partial charge on any atom is -0.455 e. The summed E-state index contributed by atoms with van der Waals surface area (Å²) in [6.07, 6.45) is 0. The maximum Gasteiger partial charge on any atom is 0.315 e. The van der Waals surface area contributed by atoms with Crippen LogP contribution in [-0.2, 0) is 4.79 Å². The van der Waals surface area contributed by atoms with Crippen molar-refractivity contribution in [3.8, 4) is 11.5 Å². The van der Waals surface area contributed by atoms with Crippen LogP contribution in [0.25, 0.3) is 0 Å². The van der Waals surface area contributed by atoms with Gasteiger partial charge in [-0.3, -0.25) is 4.79 Å². The maximum absolute atomic E-state index is 12.1. The van der Waals surface area contributed by atoms with Crippen molar-refractivity contribution in [2.45, 2.75) is 26.8 Å². The van der Waals surface area contributed by atoms with Gasteiger partial charge in [-0.1, -0.05) is 30.3 Å². The molecular weight excluding hydrogens is 330 g/mol. The van der Waals surface area contributed by atoms with Crippen molar-refractivity contribution in [2.75, 3.05) is 18.0 Å². The van der Waals surface area contributed by atoms with Crippen LogP contribution in [-0.4, -0.2) is 31.1 Å². The molecule has 138 valence electrons. The molecule has 0 aromatic heterocycles. The fraction of sp³-hybridized carbons (Fsp3) is 0.300. The number of rotatable bonds is 7. The van der Waals surface area contributed by atoms with Crippen molar-refractivity contribution in [3.05, 3.63) is 54.6 Å². The summed E-state index contributed by atoms with van der Waals surface area (Å²) in [6.45, 7) is 5.94. The van der Waals surface area contributed by atoms with Gasteiger partial charge in [-0.05, 0) is 38.1 Å². The first kappa shape index (κ1) is 19.3. The molecule has 2 N–H and O–H groups in total. The molecule has 0 unspecified atom stereocenters. The Hall–Kier alpha value is -3.02. The SMILES string of the molecule is CC(=O)N(CCNC(=O)NC(C)C)c1ccccc1Oc1ccccc1. The van der Waals surface area contributed by atoms with E-state index in [1.807, 2.05) is 68.4 Å². The molecule has 6 heteroatoms. The van der Waals surface area contributed by atoms with Crippen LogP contribution in [0.2, 0.25) is 0 Å². The lowest BCUT2D eigenvalue weighted by Crippen LogP contribution is -2.43. The third kappa shape index (κ3) is 5.81. The van der Waals surface area contributed by atoms with Gasteiger partial charge in [-0.25, -0.2) is 4.79 Å². The maximum atomic E-state index is 12.1. The first-order valence-electron chi connectivity index (χ1n) is 8.61. The smallest absolute Gasteiger partial charge is 0.315 e. The molecule has 0 fully saturated rings. The zero-order valence-corrected chi connectivity index (χ0v) is 15.4. The van der Waals surface area contributed by atoms with Crippen LogP contribution in [0.5, 0.6) is 11.5 Å². The van der Waals surface area contributed by atoms with E-state index in [1.54, 1.807) is 4.90 Å². The lowest BCUT2D eigenvalue weighted by Gasteiger charge is -2.24. The summed E-state index contributed by atoms with van der Waals surface area (Å²) < 4.78 is 5.93. The number of carbonyl (C=O) groups is 2. The Labute approximate surface area is 154 Å². The molecule has 0 atom stereocenters. The van der Waals surface area contributed by atoms with E-state index in [0.29, 0.717) is 30.3 Å². The highest BCUT2D eigenvalue weighted by Crippen LogP contribution is 2.32. The standard InChI is InChI=1S/C20H25N3O3/c1-15(2)22-20(25)21-13-14-23(16(3)24)18-11-7-8-12-19(18)26-17-9-5-4-6-10-17/h4-12,15H,13-14H2,1-3H3,(H2,21,22,25). The molecule has 2 aromatic carbocycles. The summed E-state index contributed by atoms with van der Waals surface area (Å²) >= 11 is 0. The number of para-hydroxylation sites is 3. The molecule has 0 aliphatic rings. The third-order valence-corrected chi connectivity index (χ3v) is 3.55. The highest BCUT2D eigenvalue weighted by atomic mass is 16.5. The molecule has 0 aliphatic heterocycles. The third-order valence-electron chi connectivity index (χ3n) is 3.55. The van der Waals surface area contributed by atoms with Crippen molar-refractivity contribution >= 4 is 17.6 Å². The molecule has 6 nitrogen and oxygen atoms in total. The Bertz CT molecular complexity index is 732. The van der Waals surface area contributed by atoms with Gasteiger partial charge < -0.3 is 20.3 Å². The molecule has 0 radical (unpaired) electrons. The van der Waals surface area contributed by atoms with Gasteiger partial charge in [0.05, 0.1) is 5.69 Å². The quantitative estimate of drug-likeness (QED) is 0.798. The number of nitrogens with zero attached hydrogens (tertiary/aromatic N) is 1. The van der Waals surface area contributed by atoms with Gasteiger partial charge in [0, 0.05) is 26.1 Å². The van der Waals surface area contributed by atoms with Gasteiger partial charge in [0.15, 0.2) is 5.75 Å². The topological polar surface area (TPSA) is 70.7 Å². The highest BCUT2D eigenvalue weighted by molar-refractivity contribution is 5.93.